The van der Waals surface area contributed by atoms with E-state index in [-0.39, 0.29) is 0 Å². The number of unbranched alkanes of at least 4 members (excludes halogenated alkanes) is 1. The van der Waals surface area contributed by atoms with E-state index < -0.39 is 6.10 Å². The zero-order valence-electron chi connectivity index (χ0n) is 7.99. The SMILES string of the molecule is C=CCCCC(O)c1occc1C. The van der Waals surface area contributed by atoms with Gasteiger partial charge in [0.2, 0.25) is 0 Å². The number of furan rings is 1. The molecule has 0 aliphatic rings. The largest absolute Gasteiger partial charge is 0.466 e. The summed E-state index contributed by atoms with van der Waals surface area (Å²) < 4.78 is 5.18. The van der Waals surface area contributed by atoms with Gasteiger partial charge in [0.15, 0.2) is 0 Å². The molecule has 0 aliphatic heterocycles. The van der Waals surface area contributed by atoms with Crippen LogP contribution in [0.4, 0.5) is 0 Å². The minimum absolute atomic E-state index is 0.463. The first kappa shape index (κ1) is 10.1. The molecule has 1 N–H and O–H groups in total. The number of aryl methyl sites for hydroxylation is 1. The molecule has 0 fully saturated rings. The lowest BCUT2D eigenvalue weighted by Crippen LogP contribution is -1.96. The maximum atomic E-state index is 9.69. The Morgan fingerprint density at radius 2 is 2.46 bits per heavy atom. The summed E-state index contributed by atoms with van der Waals surface area (Å²) in [5.41, 5.74) is 1.02. The van der Waals surface area contributed by atoms with E-state index >= 15 is 0 Å². The van der Waals surface area contributed by atoms with Crippen LogP contribution in [0.5, 0.6) is 0 Å². The Bertz CT molecular complexity index is 263. The number of aliphatic hydroxyl groups excluding tert-OH is 1. The van der Waals surface area contributed by atoms with E-state index in [0.29, 0.717) is 5.76 Å². The Balaban J connectivity index is 2.44. The fraction of sp³-hybridized carbons (Fsp3) is 0.455. The second-order valence-electron chi connectivity index (χ2n) is 3.20. The third-order valence-electron chi connectivity index (χ3n) is 2.09. The maximum absolute atomic E-state index is 9.69. The lowest BCUT2D eigenvalue weighted by Gasteiger charge is -2.07. The highest BCUT2D eigenvalue weighted by Crippen LogP contribution is 2.22. The molecule has 0 aromatic carbocycles. The molecule has 0 saturated carbocycles. The number of hydrogen-bond donors (Lipinski definition) is 1. The van der Waals surface area contributed by atoms with Gasteiger partial charge in [-0.15, -0.1) is 6.58 Å². The molecule has 0 radical (unpaired) electrons. The van der Waals surface area contributed by atoms with Crippen molar-refractivity contribution in [2.24, 2.45) is 0 Å². The van der Waals surface area contributed by atoms with Crippen molar-refractivity contribution in [1.82, 2.24) is 0 Å². The van der Waals surface area contributed by atoms with Crippen molar-refractivity contribution in [1.29, 1.82) is 0 Å². The van der Waals surface area contributed by atoms with Crippen LogP contribution in [-0.2, 0) is 0 Å². The number of hydrogen-bond acceptors (Lipinski definition) is 2. The van der Waals surface area contributed by atoms with Crippen LogP contribution in [0.1, 0.15) is 36.7 Å². The zero-order valence-corrected chi connectivity index (χ0v) is 7.99. The monoisotopic (exact) mass is 180 g/mol. The summed E-state index contributed by atoms with van der Waals surface area (Å²) in [5, 5.41) is 9.69. The Labute approximate surface area is 78.9 Å². The van der Waals surface area contributed by atoms with Crippen LogP contribution in [0.3, 0.4) is 0 Å². The van der Waals surface area contributed by atoms with E-state index in [0.717, 1.165) is 24.8 Å². The summed E-state index contributed by atoms with van der Waals surface area (Å²) in [7, 11) is 0. The topological polar surface area (TPSA) is 33.4 Å². The van der Waals surface area contributed by atoms with E-state index in [2.05, 4.69) is 6.58 Å². The van der Waals surface area contributed by atoms with Crippen molar-refractivity contribution in [3.05, 3.63) is 36.3 Å². The highest BCUT2D eigenvalue weighted by atomic mass is 16.4. The van der Waals surface area contributed by atoms with E-state index in [1.54, 1.807) is 6.26 Å². The first-order chi connectivity index (χ1) is 6.25. The van der Waals surface area contributed by atoms with Crippen molar-refractivity contribution >= 4 is 0 Å². The zero-order chi connectivity index (χ0) is 9.68. The number of allylic oxidation sites excluding steroid dienone is 1. The lowest BCUT2D eigenvalue weighted by molar-refractivity contribution is 0.137. The standard InChI is InChI=1S/C11H16O2/c1-3-4-5-6-10(12)11-9(2)7-8-13-11/h3,7-8,10,12H,1,4-6H2,2H3. The molecule has 1 heterocycles. The molecule has 0 bridgehead atoms. The maximum Gasteiger partial charge on any atom is 0.135 e. The van der Waals surface area contributed by atoms with Crippen molar-refractivity contribution in [2.75, 3.05) is 0 Å². The molecule has 0 amide bonds. The van der Waals surface area contributed by atoms with Crippen molar-refractivity contribution in [3.8, 4) is 0 Å². The molecule has 0 aliphatic carbocycles. The van der Waals surface area contributed by atoms with Crippen molar-refractivity contribution in [3.63, 3.8) is 0 Å². The van der Waals surface area contributed by atoms with Crippen LogP contribution < -0.4 is 0 Å². The first-order valence-corrected chi connectivity index (χ1v) is 4.58. The van der Waals surface area contributed by atoms with E-state index in [9.17, 15) is 5.11 Å². The lowest BCUT2D eigenvalue weighted by atomic mass is 10.1. The molecular formula is C11H16O2. The third-order valence-corrected chi connectivity index (χ3v) is 2.09. The molecule has 1 aromatic rings. The van der Waals surface area contributed by atoms with E-state index in [1.807, 2.05) is 19.1 Å². The summed E-state index contributed by atoms with van der Waals surface area (Å²) in [5.74, 6) is 0.698. The Morgan fingerprint density at radius 3 is 3.00 bits per heavy atom. The third kappa shape index (κ3) is 2.74. The highest BCUT2D eigenvalue weighted by molar-refractivity contribution is 5.16. The van der Waals surface area contributed by atoms with Gasteiger partial charge in [0.1, 0.15) is 11.9 Å². The van der Waals surface area contributed by atoms with Gasteiger partial charge >= 0.3 is 0 Å². The summed E-state index contributed by atoms with van der Waals surface area (Å²) in [4.78, 5) is 0. The quantitative estimate of drug-likeness (QED) is 0.558. The number of aliphatic hydroxyl groups is 1. The van der Waals surface area contributed by atoms with E-state index in [4.69, 9.17) is 4.42 Å². The Morgan fingerprint density at radius 1 is 1.69 bits per heavy atom. The van der Waals surface area contributed by atoms with Gasteiger partial charge in [-0.05, 0) is 37.8 Å². The van der Waals surface area contributed by atoms with Gasteiger partial charge in [-0.2, -0.15) is 0 Å². The van der Waals surface area contributed by atoms with Gasteiger partial charge in [-0.1, -0.05) is 6.08 Å². The molecule has 72 valence electrons. The van der Waals surface area contributed by atoms with Crippen LogP contribution in [0.25, 0.3) is 0 Å². The average molecular weight is 180 g/mol. The van der Waals surface area contributed by atoms with Crippen LogP contribution in [0.2, 0.25) is 0 Å². The van der Waals surface area contributed by atoms with E-state index in [1.165, 1.54) is 0 Å². The highest BCUT2D eigenvalue weighted by Gasteiger charge is 2.12. The second kappa shape index (κ2) is 4.87. The molecule has 13 heavy (non-hydrogen) atoms. The van der Waals surface area contributed by atoms with Gasteiger partial charge in [0.05, 0.1) is 6.26 Å². The second-order valence-corrected chi connectivity index (χ2v) is 3.20. The molecule has 2 nitrogen and oxygen atoms in total. The molecule has 1 atom stereocenters. The molecule has 1 unspecified atom stereocenters. The van der Waals surface area contributed by atoms with Gasteiger partial charge in [-0.3, -0.25) is 0 Å². The van der Waals surface area contributed by atoms with Crippen LogP contribution >= 0.6 is 0 Å². The predicted molar refractivity (Wildman–Crippen MR) is 52.5 cm³/mol. The number of rotatable bonds is 5. The van der Waals surface area contributed by atoms with Crippen molar-refractivity contribution < 1.29 is 9.52 Å². The van der Waals surface area contributed by atoms with Crippen LogP contribution in [0.15, 0.2) is 29.4 Å². The first-order valence-electron chi connectivity index (χ1n) is 4.58. The van der Waals surface area contributed by atoms with Gasteiger partial charge in [0, 0.05) is 0 Å². The van der Waals surface area contributed by atoms with Gasteiger partial charge in [-0.25, -0.2) is 0 Å². The molecule has 0 saturated heterocycles. The van der Waals surface area contributed by atoms with Gasteiger partial charge in [0.25, 0.3) is 0 Å². The Hall–Kier alpha value is -1.02. The molecule has 2 heteroatoms. The molecule has 0 spiro atoms. The average Bonchev–Trinajstić information content (AvgIpc) is 2.52. The van der Waals surface area contributed by atoms with Gasteiger partial charge < -0.3 is 9.52 Å². The summed E-state index contributed by atoms with van der Waals surface area (Å²) in [6.45, 7) is 5.57. The Kier molecular flexibility index (Phi) is 3.77. The minimum atomic E-state index is -0.463. The normalized spacial score (nSPS) is 12.8. The molecule has 1 rings (SSSR count). The van der Waals surface area contributed by atoms with Crippen LogP contribution in [-0.4, -0.2) is 5.11 Å². The smallest absolute Gasteiger partial charge is 0.135 e. The molecular weight excluding hydrogens is 164 g/mol. The fourth-order valence-electron chi connectivity index (χ4n) is 1.31. The summed E-state index contributed by atoms with van der Waals surface area (Å²) in [6.07, 6.45) is 5.64. The summed E-state index contributed by atoms with van der Waals surface area (Å²) in [6, 6.07) is 1.87. The molecule has 1 aromatic heterocycles. The predicted octanol–water partition coefficient (Wildman–Crippen LogP) is 2.98. The minimum Gasteiger partial charge on any atom is -0.466 e. The summed E-state index contributed by atoms with van der Waals surface area (Å²) >= 11 is 0. The van der Waals surface area contributed by atoms with Crippen LogP contribution in [0, 0.1) is 6.92 Å². The fourth-order valence-corrected chi connectivity index (χ4v) is 1.31. The van der Waals surface area contributed by atoms with Crippen molar-refractivity contribution in [2.45, 2.75) is 32.3 Å².